The molecule has 0 fully saturated rings. The zero-order chi connectivity index (χ0) is 20.8. The number of ether oxygens (including phenoxy) is 4. The molecular formula is C22H26O6. The Morgan fingerprint density at radius 3 is 1.32 bits per heavy atom. The molecule has 0 atom stereocenters. The van der Waals surface area contributed by atoms with Crippen molar-refractivity contribution in [1.29, 1.82) is 0 Å². The summed E-state index contributed by atoms with van der Waals surface area (Å²) >= 11 is 0. The van der Waals surface area contributed by atoms with Crippen molar-refractivity contribution in [3.05, 3.63) is 48.6 Å². The zero-order valence-electron chi connectivity index (χ0n) is 16.7. The molecule has 0 aliphatic carbocycles. The van der Waals surface area contributed by atoms with Crippen LogP contribution in [0.1, 0.15) is 11.1 Å². The van der Waals surface area contributed by atoms with Gasteiger partial charge in [0.25, 0.3) is 0 Å². The van der Waals surface area contributed by atoms with Crippen LogP contribution in [0.4, 0.5) is 0 Å². The molecule has 28 heavy (non-hydrogen) atoms. The minimum absolute atomic E-state index is 0.144. The number of hydrogen-bond donors (Lipinski definition) is 2. The summed E-state index contributed by atoms with van der Waals surface area (Å²) in [6.45, 7) is 7.62. The van der Waals surface area contributed by atoms with Gasteiger partial charge in [0.05, 0.1) is 28.4 Å². The van der Waals surface area contributed by atoms with Gasteiger partial charge >= 0.3 is 0 Å². The van der Waals surface area contributed by atoms with Crippen LogP contribution >= 0.6 is 0 Å². The van der Waals surface area contributed by atoms with Gasteiger partial charge in [-0.05, 0) is 36.1 Å². The van der Waals surface area contributed by atoms with Gasteiger partial charge in [-0.25, -0.2) is 0 Å². The van der Waals surface area contributed by atoms with E-state index >= 15 is 0 Å². The van der Waals surface area contributed by atoms with E-state index in [1.165, 1.54) is 28.4 Å². The average molecular weight is 386 g/mol. The van der Waals surface area contributed by atoms with Crippen LogP contribution in [0.2, 0.25) is 0 Å². The van der Waals surface area contributed by atoms with Crippen molar-refractivity contribution in [3.63, 3.8) is 0 Å². The molecule has 2 N–H and O–H groups in total. The molecule has 0 saturated carbocycles. The Hall–Kier alpha value is -3.28. The molecule has 0 radical (unpaired) electrons. The standard InChI is InChI=1S/C22H26O6/c1-7-9-13-11-15(25-3)19(23)21(27-5)17(13)18-14(10-8-2)12-16(26-4)20(24)22(18)28-6/h7-8,11-12,23-24H,1-2,9-10H2,3-6H3. The monoisotopic (exact) mass is 386 g/mol. The Kier molecular flexibility index (Phi) is 6.82. The minimum atomic E-state index is -0.144. The van der Waals surface area contributed by atoms with E-state index < -0.39 is 0 Å². The molecule has 0 amide bonds. The summed E-state index contributed by atoms with van der Waals surface area (Å²) in [5.74, 6) is 0.692. The quantitative estimate of drug-likeness (QED) is 0.627. The molecule has 0 saturated heterocycles. The summed E-state index contributed by atoms with van der Waals surface area (Å²) < 4.78 is 21.6. The third kappa shape index (κ3) is 3.58. The summed E-state index contributed by atoms with van der Waals surface area (Å²) in [5, 5.41) is 21.3. The lowest BCUT2D eigenvalue weighted by molar-refractivity contribution is 0.336. The predicted octanol–water partition coefficient (Wildman–Crippen LogP) is 4.26. The van der Waals surface area contributed by atoms with Crippen LogP contribution in [0.25, 0.3) is 11.1 Å². The second-order valence-corrected chi connectivity index (χ2v) is 5.98. The second-order valence-electron chi connectivity index (χ2n) is 5.98. The van der Waals surface area contributed by atoms with Gasteiger partial charge in [0.2, 0.25) is 11.5 Å². The van der Waals surface area contributed by atoms with E-state index in [1.54, 1.807) is 24.3 Å². The minimum Gasteiger partial charge on any atom is -0.502 e. The Balaban J connectivity index is 3.04. The van der Waals surface area contributed by atoms with Crippen LogP contribution in [0.3, 0.4) is 0 Å². The molecular weight excluding hydrogens is 360 g/mol. The third-order valence-electron chi connectivity index (χ3n) is 4.43. The molecule has 6 heteroatoms. The highest BCUT2D eigenvalue weighted by Crippen LogP contribution is 2.53. The number of phenols is 2. The molecule has 0 aromatic heterocycles. The molecule has 0 heterocycles. The van der Waals surface area contributed by atoms with E-state index in [1.807, 2.05) is 0 Å². The Bertz CT molecular complexity index is 812. The summed E-state index contributed by atoms with van der Waals surface area (Å²) in [4.78, 5) is 0. The maximum absolute atomic E-state index is 10.7. The van der Waals surface area contributed by atoms with Gasteiger partial charge in [-0.2, -0.15) is 0 Å². The molecule has 0 spiro atoms. The molecule has 2 rings (SSSR count). The zero-order valence-corrected chi connectivity index (χ0v) is 16.7. The van der Waals surface area contributed by atoms with Crippen molar-refractivity contribution in [2.45, 2.75) is 12.8 Å². The Morgan fingerprint density at radius 2 is 1.07 bits per heavy atom. The van der Waals surface area contributed by atoms with Gasteiger partial charge in [-0.1, -0.05) is 12.2 Å². The molecule has 0 unspecified atom stereocenters. The maximum atomic E-state index is 10.7. The summed E-state index contributed by atoms with van der Waals surface area (Å²) in [6, 6.07) is 3.43. The van der Waals surface area contributed by atoms with Crippen LogP contribution in [0.5, 0.6) is 34.5 Å². The first-order valence-corrected chi connectivity index (χ1v) is 8.64. The van der Waals surface area contributed by atoms with Crippen molar-refractivity contribution < 1.29 is 29.2 Å². The molecule has 150 valence electrons. The van der Waals surface area contributed by atoms with Crippen LogP contribution in [-0.4, -0.2) is 38.7 Å². The normalized spacial score (nSPS) is 10.3. The smallest absolute Gasteiger partial charge is 0.201 e. The Labute approximate surface area is 165 Å². The fourth-order valence-corrected chi connectivity index (χ4v) is 3.24. The number of methoxy groups -OCH3 is 4. The van der Waals surface area contributed by atoms with Gasteiger partial charge in [0, 0.05) is 11.1 Å². The van der Waals surface area contributed by atoms with E-state index in [4.69, 9.17) is 18.9 Å². The van der Waals surface area contributed by atoms with Gasteiger partial charge in [-0.15, -0.1) is 13.2 Å². The molecule has 2 aromatic rings. The van der Waals surface area contributed by atoms with Crippen LogP contribution in [0.15, 0.2) is 37.4 Å². The average Bonchev–Trinajstić information content (AvgIpc) is 2.70. The highest BCUT2D eigenvalue weighted by atomic mass is 16.5. The molecule has 6 nitrogen and oxygen atoms in total. The fraction of sp³-hybridized carbons (Fsp3) is 0.273. The first kappa shape index (κ1) is 21.0. The second kappa shape index (κ2) is 9.08. The number of benzene rings is 2. The van der Waals surface area contributed by atoms with Crippen molar-refractivity contribution >= 4 is 0 Å². The van der Waals surface area contributed by atoms with E-state index in [2.05, 4.69) is 13.2 Å². The lowest BCUT2D eigenvalue weighted by atomic mass is 9.89. The molecule has 0 aliphatic rings. The van der Waals surface area contributed by atoms with Crippen molar-refractivity contribution in [2.24, 2.45) is 0 Å². The van der Waals surface area contributed by atoms with E-state index in [0.29, 0.717) is 24.0 Å². The first-order chi connectivity index (χ1) is 13.5. The number of allylic oxidation sites excluding steroid dienone is 2. The lowest BCUT2D eigenvalue weighted by Crippen LogP contribution is -2.03. The molecule has 0 aliphatic heterocycles. The van der Waals surface area contributed by atoms with Crippen LogP contribution in [0, 0.1) is 0 Å². The van der Waals surface area contributed by atoms with Gasteiger partial charge in [0.1, 0.15) is 0 Å². The van der Waals surface area contributed by atoms with Gasteiger partial charge < -0.3 is 29.2 Å². The summed E-state index contributed by atoms with van der Waals surface area (Å²) in [6.07, 6.45) is 4.42. The highest BCUT2D eigenvalue weighted by molar-refractivity contribution is 5.88. The van der Waals surface area contributed by atoms with Gasteiger partial charge in [-0.3, -0.25) is 0 Å². The summed E-state index contributed by atoms with van der Waals surface area (Å²) in [5.41, 5.74) is 2.73. The lowest BCUT2D eigenvalue weighted by Gasteiger charge is -2.22. The SMILES string of the molecule is C=CCc1cc(OC)c(O)c(OC)c1-c1c(CC=C)cc(OC)c(O)c1OC. The van der Waals surface area contributed by atoms with Crippen molar-refractivity contribution in [1.82, 2.24) is 0 Å². The number of hydrogen-bond acceptors (Lipinski definition) is 6. The number of phenolic OH excluding ortho intramolecular Hbond substituents is 2. The van der Waals surface area contributed by atoms with Crippen LogP contribution in [-0.2, 0) is 12.8 Å². The van der Waals surface area contributed by atoms with Crippen molar-refractivity contribution in [3.8, 4) is 45.6 Å². The summed E-state index contributed by atoms with van der Waals surface area (Å²) in [7, 11) is 5.85. The number of rotatable bonds is 9. The maximum Gasteiger partial charge on any atom is 0.201 e. The number of aromatic hydroxyl groups is 2. The topological polar surface area (TPSA) is 77.4 Å². The molecule has 0 bridgehead atoms. The third-order valence-corrected chi connectivity index (χ3v) is 4.43. The van der Waals surface area contributed by atoms with Crippen LogP contribution < -0.4 is 18.9 Å². The first-order valence-electron chi connectivity index (χ1n) is 8.64. The molecule has 2 aromatic carbocycles. The van der Waals surface area contributed by atoms with E-state index in [-0.39, 0.29) is 34.5 Å². The Morgan fingerprint density at radius 1 is 0.714 bits per heavy atom. The van der Waals surface area contributed by atoms with Crippen molar-refractivity contribution in [2.75, 3.05) is 28.4 Å². The highest BCUT2D eigenvalue weighted by Gasteiger charge is 2.27. The fourth-order valence-electron chi connectivity index (χ4n) is 3.24. The van der Waals surface area contributed by atoms with E-state index in [9.17, 15) is 10.2 Å². The predicted molar refractivity (Wildman–Crippen MR) is 109 cm³/mol. The van der Waals surface area contributed by atoms with Gasteiger partial charge in [0.15, 0.2) is 23.0 Å². The van der Waals surface area contributed by atoms with E-state index in [0.717, 1.165) is 11.1 Å². The largest absolute Gasteiger partial charge is 0.502 e.